The third-order valence-electron chi connectivity index (χ3n) is 4.30. The van der Waals surface area contributed by atoms with Crippen LogP contribution in [-0.2, 0) is 4.79 Å². The van der Waals surface area contributed by atoms with Crippen LogP contribution in [0.1, 0.15) is 26.3 Å². The number of halogens is 1. The number of carbonyl (C=O) groups is 3. The van der Waals surface area contributed by atoms with Gasteiger partial charge in [0.05, 0.1) is 25.4 Å². The monoisotopic (exact) mass is 465 g/mol. The van der Waals surface area contributed by atoms with Crippen LogP contribution in [-0.4, -0.2) is 37.7 Å². The van der Waals surface area contributed by atoms with Gasteiger partial charge in [0.25, 0.3) is 11.8 Å². The van der Waals surface area contributed by atoms with E-state index in [1.54, 1.807) is 66.7 Å². The van der Waals surface area contributed by atoms with Gasteiger partial charge in [0.1, 0.15) is 0 Å². The van der Waals surface area contributed by atoms with Crippen LogP contribution < -0.4 is 20.2 Å². The summed E-state index contributed by atoms with van der Waals surface area (Å²) in [6, 6.07) is 19.8. The molecular weight excluding hydrogens is 446 g/mol. The topological polar surface area (TPSA) is 106 Å². The fourth-order valence-corrected chi connectivity index (χ4v) is 2.88. The summed E-state index contributed by atoms with van der Waals surface area (Å²) in [6.45, 7) is -0.264. The molecule has 3 rings (SSSR count). The maximum atomic E-state index is 12.2. The van der Waals surface area contributed by atoms with Gasteiger partial charge in [0.2, 0.25) is 0 Å². The van der Waals surface area contributed by atoms with E-state index in [-0.39, 0.29) is 12.3 Å². The molecule has 0 atom stereocenters. The highest BCUT2D eigenvalue weighted by molar-refractivity contribution is 6.31. The highest BCUT2D eigenvalue weighted by atomic mass is 35.5. The second-order valence-electron chi connectivity index (χ2n) is 6.65. The summed E-state index contributed by atoms with van der Waals surface area (Å²) >= 11 is 5.85. The van der Waals surface area contributed by atoms with Gasteiger partial charge in [-0.25, -0.2) is 10.2 Å². The lowest BCUT2D eigenvalue weighted by Crippen LogP contribution is -2.34. The first-order valence-corrected chi connectivity index (χ1v) is 10.1. The Morgan fingerprint density at radius 2 is 1.70 bits per heavy atom. The number of amides is 2. The predicted octanol–water partition coefficient (Wildman–Crippen LogP) is 3.45. The number of benzene rings is 3. The summed E-state index contributed by atoms with van der Waals surface area (Å²) in [5.41, 5.74) is 3.67. The van der Waals surface area contributed by atoms with Gasteiger partial charge in [0.15, 0.2) is 11.5 Å². The molecule has 3 aromatic rings. The lowest BCUT2D eigenvalue weighted by molar-refractivity contribution is -0.120. The van der Waals surface area contributed by atoms with E-state index < -0.39 is 17.8 Å². The molecule has 2 N–H and O–H groups in total. The third-order valence-corrected chi connectivity index (χ3v) is 4.53. The Labute approximate surface area is 195 Å². The van der Waals surface area contributed by atoms with Gasteiger partial charge in [-0.3, -0.25) is 9.59 Å². The Balaban J connectivity index is 1.53. The smallest absolute Gasteiger partial charge is 0.343 e. The van der Waals surface area contributed by atoms with Crippen LogP contribution in [0.3, 0.4) is 0 Å². The van der Waals surface area contributed by atoms with Crippen molar-refractivity contribution in [1.82, 2.24) is 10.7 Å². The Bertz CT molecular complexity index is 1180. The molecule has 9 heteroatoms. The SMILES string of the molecule is COc1cc(C=NNC(=O)CNC(=O)c2cccc(Cl)c2)ccc1OC(=O)c1ccccc1. The number of hydrogen-bond donors (Lipinski definition) is 2. The molecular formula is C24H20ClN3O5. The summed E-state index contributed by atoms with van der Waals surface area (Å²) < 4.78 is 10.7. The van der Waals surface area contributed by atoms with Gasteiger partial charge in [0, 0.05) is 10.6 Å². The van der Waals surface area contributed by atoms with Crippen molar-refractivity contribution in [1.29, 1.82) is 0 Å². The van der Waals surface area contributed by atoms with Gasteiger partial charge in [-0.05, 0) is 54.1 Å². The molecule has 0 fully saturated rings. The second kappa shape index (κ2) is 11.4. The summed E-state index contributed by atoms with van der Waals surface area (Å²) in [7, 11) is 1.44. The summed E-state index contributed by atoms with van der Waals surface area (Å²) in [5.74, 6) is -0.883. The molecule has 0 saturated carbocycles. The average molecular weight is 466 g/mol. The number of rotatable bonds is 8. The molecule has 0 spiro atoms. The Morgan fingerprint density at radius 3 is 2.42 bits per heavy atom. The molecule has 0 aliphatic rings. The molecule has 2 amide bonds. The third kappa shape index (κ3) is 6.91. The van der Waals surface area contributed by atoms with E-state index >= 15 is 0 Å². The van der Waals surface area contributed by atoms with Crippen molar-refractivity contribution < 1.29 is 23.9 Å². The van der Waals surface area contributed by atoms with Crippen LogP contribution in [0.5, 0.6) is 11.5 Å². The fraction of sp³-hybridized carbons (Fsp3) is 0.0833. The number of nitrogens with zero attached hydrogens (tertiary/aromatic N) is 1. The largest absolute Gasteiger partial charge is 0.493 e. The van der Waals surface area contributed by atoms with Crippen LogP contribution in [0, 0.1) is 0 Å². The summed E-state index contributed by atoms with van der Waals surface area (Å²) in [5, 5.41) is 6.76. The van der Waals surface area contributed by atoms with Crippen molar-refractivity contribution in [2.24, 2.45) is 5.10 Å². The second-order valence-corrected chi connectivity index (χ2v) is 7.09. The Morgan fingerprint density at radius 1 is 0.939 bits per heavy atom. The molecule has 8 nitrogen and oxygen atoms in total. The van der Waals surface area contributed by atoms with Crippen molar-refractivity contribution in [3.63, 3.8) is 0 Å². The summed E-state index contributed by atoms with van der Waals surface area (Å²) in [4.78, 5) is 36.2. The minimum absolute atomic E-state index is 0.247. The van der Waals surface area contributed by atoms with E-state index in [4.69, 9.17) is 21.1 Å². The van der Waals surface area contributed by atoms with Gasteiger partial charge in [-0.15, -0.1) is 0 Å². The van der Waals surface area contributed by atoms with Gasteiger partial charge in [-0.2, -0.15) is 5.10 Å². The van der Waals surface area contributed by atoms with Crippen molar-refractivity contribution in [3.8, 4) is 11.5 Å². The van der Waals surface area contributed by atoms with Crippen molar-refractivity contribution in [3.05, 3.63) is 94.5 Å². The molecule has 0 aliphatic carbocycles. The van der Waals surface area contributed by atoms with Crippen LogP contribution in [0.4, 0.5) is 0 Å². The quantitative estimate of drug-likeness (QED) is 0.229. The van der Waals surface area contributed by atoms with Crippen molar-refractivity contribution in [2.75, 3.05) is 13.7 Å². The van der Waals surface area contributed by atoms with Crippen LogP contribution >= 0.6 is 11.6 Å². The molecule has 33 heavy (non-hydrogen) atoms. The average Bonchev–Trinajstić information content (AvgIpc) is 2.83. The van der Waals surface area contributed by atoms with E-state index in [9.17, 15) is 14.4 Å². The summed E-state index contributed by atoms with van der Waals surface area (Å²) in [6.07, 6.45) is 1.39. The molecule has 0 bridgehead atoms. The zero-order valence-corrected chi connectivity index (χ0v) is 18.3. The zero-order valence-electron chi connectivity index (χ0n) is 17.6. The Kier molecular flexibility index (Phi) is 8.15. The van der Waals surface area contributed by atoms with Crippen LogP contribution in [0.15, 0.2) is 77.9 Å². The minimum Gasteiger partial charge on any atom is -0.493 e. The first-order chi connectivity index (χ1) is 16.0. The number of esters is 1. The Hall–Kier alpha value is -4.17. The molecule has 0 unspecified atom stereocenters. The number of ether oxygens (including phenoxy) is 2. The van der Waals surface area contributed by atoms with Gasteiger partial charge < -0.3 is 14.8 Å². The highest BCUT2D eigenvalue weighted by Gasteiger charge is 2.12. The maximum absolute atomic E-state index is 12.2. The molecule has 0 saturated heterocycles. The highest BCUT2D eigenvalue weighted by Crippen LogP contribution is 2.28. The van der Waals surface area contributed by atoms with Crippen LogP contribution in [0.25, 0.3) is 0 Å². The molecule has 0 heterocycles. The predicted molar refractivity (Wildman–Crippen MR) is 124 cm³/mol. The van der Waals surface area contributed by atoms with E-state index in [2.05, 4.69) is 15.8 Å². The van der Waals surface area contributed by atoms with Crippen LogP contribution in [0.2, 0.25) is 5.02 Å². The maximum Gasteiger partial charge on any atom is 0.343 e. The van der Waals surface area contributed by atoms with Gasteiger partial charge >= 0.3 is 5.97 Å². The van der Waals surface area contributed by atoms with Gasteiger partial charge in [-0.1, -0.05) is 35.9 Å². The first-order valence-electron chi connectivity index (χ1n) is 9.77. The zero-order chi connectivity index (χ0) is 23.6. The fourth-order valence-electron chi connectivity index (χ4n) is 2.69. The normalized spacial score (nSPS) is 10.5. The number of carbonyl (C=O) groups excluding carboxylic acids is 3. The standard InChI is InChI=1S/C24H20ClN3O5/c1-32-21-12-16(10-11-20(21)33-24(31)17-6-3-2-4-7-17)14-27-28-22(29)15-26-23(30)18-8-5-9-19(25)13-18/h2-14H,15H2,1H3,(H,26,30)(H,28,29). The van der Waals surface area contributed by atoms with E-state index in [1.165, 1.54) is 19.4 Å². The molecule has 3 aromatic carbocycles. The number of hydrazone groups is 1. The minimum atomic E-state index is -0.512. The number of methoxy groups -OCH3 is 1. The van der Waals surface area contributed by atoms with Crippen molar-refractivity contribution >= 4 is 35.6 Å². The number of hydrogen-bond acceptors (Lipinski definition) is 6. The van der Waals surface area contributed by atoms with E-state index in [0.29, 0.717) is 27.5 Å². The lowest BCUT2D eigenvalue weighted by atomic mass is 10.2. The molecule has 0 aromatic heterocycles. The van der Waals surface area contributed by atoms with E-state index in [0.717, 1.165) is 0 Å². The molecule has 168 valence electrons. The number of nitrogens with one attached hydrogen (secondary N) is 2. The van der Waals surface area contributed by atoms with E-state index in [1.807, 2.05) is 0 Å². The molecule has 0 radical (unpaired) electrons. The van der Waals surface area contributed by atoms with Crippen molar-refractivity contribution in [2.45, 2.75) is 0 Å². The molecule has 0 aliphatic heterocycles. The first kappa shape index (κ1) is 23.5. The lowest BCUT2D eigenvalue weighted by Gasteiger charge is -2.10.